The van der Waals surface area contributed by atoms with Crippen molar-refractivity contribution in [2.24, 2.45) is 11.1 Å². The van der Waals surface area contributed by atoms with E-state index in [0.717, 1.165) is 16.1 Å². The van der Waals surface area contributed by atoms with E-state index < -0.39 is 0 Å². The van der Waals surface area contributed by atoms with Crippen LogP contribution in [-0.2, 0) is 4.79 Å². The largest absolute Gasteiger partial charge is 0.327 e. The van der Waals surface area contributed by atoms with Gasteiger partial charge in [-0.3, -0.25) is 4.79 Å². The van der Waals surface area contributed by atoms with Crippen molar-refractivity contribution in [3.05, 3.63) is 41.8 Å². The second-order valence-electron chi connectivity index (χ2n) is 6.25. The summed E-state index contributed by atoms with van der Waals surface area (Å²) >= 11 is 1.66. The highest BCUT2D eigenvalue weighted by molar-refractivity contribution is 7.13. The van der Waals surface area contributed by atoms with E-state index in [1.165, 1.54) is 0 Å². The van der Waals surface area contributed by atoms with Gasteiger partial charge in [0.25, 0.3) is 0 Å². The van der Waals surface area contributed by atoms with Crippen LogP contribution in [-0.4, -0.2) is 11.9 Å². The van der Waals surface area contributed by atoms with Crippen molar-refractivity contribution >= 4 is 22.9 Å². The molecule has 0 aliphatic rings. The first kappa shape index (κ1) is 15.7. The molecular formula is C17H22N2OS. The van der Waals surface area contributed by atoms with Crippen LogP contribution in [0.4, 0.5) is 5.69 Å². The SMILES string of the molecule is CC(C)(C)C(N)CC(=O)Nc1ccccc1-c1cccs1. The minimum Gasteiger partial charge on any atom is -0.327 e. The number of rotatable bonds is 4. The van der Waals surface area contributed by atoms with Gasteiger partial charge in [0.15, 0.2) is 0 Å². The summed E-state index contributed by atoms with van der Waals surface area (Å²) in [6, 6.07) is 11.7. The lowest BCUT2D eigenvalue weighted by molar-refractivity contribution is -0.117. The van der Waals surface area contributed by atoms with Crippen LogP contribution in [0, 0.1) is 5.41 Å². The van der Waals surface area contributed by atoms with Crippen LogP contribution >= 0.6 is 11.3 Å². The molecule has 2 rings (SSSR count). The summed E-state index contributed by atoms with van der Waals surface area (Å²) in [5.74, 6) is -0.0403. The Morgan fingerprint density at radius 1 is 1.24 bits per heavy atom. The Morgan fingerprint density at radius 3 is 2.57 bits per heavy atom. The molecule has 1 aromatic carbocycles. The quantitative estimate of drug-likeness (QED) is 0.892. The van der Waals surface area contributed by atoms with Crippen molar-refractivity contribution in [2.75, 3.05) is 5.32 Å². The van der Waals surface area contributed by atoms with Crippen LogP contribution in [0.5, 0.6) is 0 Å². The molecule has 0 spiro atoms. The average Bonchev–Trinajstić information content (AvgIpc) is 2.91. The van der Waals surface area contributed by atoms with Gasteiger partial charge in [0, 0.05) is 28.6 Å². The molecule has 0 radical (unpaired) electrons. The van der Waals surface area contributed by atoms with Crippen molar-refractivity contribution in [3.63, 3.8) is 0 Å². The van der Waals surface area contributed by atoms with E-state index in [1.54, 1.807) is 11.3 Å². The van der Waals surface area contributed by atoms with E-state index in [4.69, 9.17) is 5.73 Å². The highest BCUT2D eigenvalue weighted by Gasteiger charge is 2.23. The molecule has 1 aromatic heterocycles. The zero-order valence-corrected chi connectivity index (χ0v) is 13.5. The summed E-state index contributed by atoms with van der Waals surface area (Å²) in [5.41, 5.74) is 7.89. The molecule has 4 heteroatoms. The number of benzene rings is 1. The maximum Gasteiger partial charge on any atom is 0.225 e. The maximum atomic E-state index is 12.2. The molecule has 0 saturated heterocycles. The van der Waals surface area contributed by atoms with Gasteiger partial charge in [0.05, 0.1) is 0 Å². The fourth-order valence-electron chi connectivity index (χ4n) is 1.95. The van der Waals surface area contributed by atoms with Gasteiger partial charge >= 0.3 is 0 Å². The van der Waals surface area contributed by atoms with Gasteiger partial charge in [-0.2, -0.15) is 0 Å². The topological polar surface area (TPSA) is 55.1 Å². The second kappa shape index (κ2) is 6.41. The molecule has 1 heterocycles. The van der Waals surface area contributed by atoms with Crippen LogP contribution in [0.25, 0.3) is 10.4 Å². The number of anilines is 1. The standard InChI is InChI=1S/C17H22N2OS/c1-17(2,3)15(18)11-16(20)19-13-8-5-4-7-12(13)14-9-6-10-21-14/h4-10,15H,11,18H2,1-3H3,(H,19,20). The highest BCUT2D eigenvalue weighted by Crippen LogP contribution is 2.31. The fourth-order valence-corrected chi connectivity index (χ4v) is 2.71. The number of hydrogen-bond acceptors (Lipinski definition) is 3. The molecule has 2 aromatic rings. The number of thiophene rings is 1. The van der Waals surface area contributed by atoms with Crippen molar-refractivity contribution < 1.29 is 4.79 Å². The predicted molar refractivity (Wildman–Crippen MR) is 90.4 cm³/mol. The zero-order chi connectivity index (χ0) is 15.5. The molecule has 112 valence electrons. The third kappa shape index (κ3) is 4.16. The van der Waals surface area contributed by atoms with E-state index >= 15 is 0 Å². The number of hydrogen-bond donors (Lipinski definition) is 2. The van der Waals surface area contributed by atoms with Crippen LogP contribution in [0.1, 0.15) is 27.2 Å². The molecular weight excluding hydrogens is 280 g/mol. The monoisotopic (exact) mass is 302 g/mol. The van der Waals surface area contributed by atoms with E-state index in [-0.39, 0.29) is 17.4 Å². The molecule has 0 fully saturated rings. The molecule has 0 bridgehead atoms. The lowest BCUT2D eigenvalue weighted by Crippen LogP contribution is -2.38. The molecule has 3 N–H and O–H groups in total. The van der Waals surface area contributed by atoms with Gasteiger partial charge in [-0.25, -0.2) is 0 Å². The summed E-state index contributed by atoms with van der Waals surface area (Å²) in [6.07, 6.45) is 0.322. The third-order valence-electron chi connectivity index (χ3n) is 3.51. The van der Waals surface area contributed by atoms with Gasteiger partial charge in [-0.15, -0.1) is 11.3 Å². The molecule has 1 amide bonds. The van der Waals surface area contributed by atoms with Gasteiger partial charge in [0.1, 0.15) is 0 Å². The van der Waals surface area contributed by atoms with Crippen molar-refractivity contribution in [3.8, 4) is 10.4 Å². The first-order chi connectivity index (χ1) is 9.88. The van der Waals surface area contributed by atoms with Crippen molar-refractivity contribution in [1.82, 2.24) is 0 Å². The normalized spacial score (nSPS) is 13.0. The zero-order valence-electron chi connectivity index (χ0n) is 12.7. The lowest BCUT2D eigenvalue weighted by atomic mass is 9.85. The Bertz CT molecular complexity index is 600. The molecule has 0 aliphatic carbocycles. The van der Waals surface area contributed by atoms with Gasteiger partial charge in [-0.05, 0) is 22.9 Å². The summed E-state index contributed by atoms with van der Waals surface area (Å²) in [6.45, 7) is 6.14. The minimum absolute atomic E-state index is 0.0403. The van der Waals surface area contributed by atoms with Gasteiger partial charge < -0.3 is 11.1 Å². The first-order valence-corrected chi connectivity index (χ1v) is 7.94. The van der Waals surface area contributed by atoms with Crippen LogP contribution in [0.2, 0.25) is 0 Å². The first-order valence-electron chi connectivity index (χ1n) is 7.06. The number of carbonyl (C=O) groups is 1. The van der Waals surface area contributed by atoms with Gasteiger partial charge in [0.2, 0.25) is 5.91 Å². The summed E-state index contributed by atoms with van der Waals surface area (Å²) < 4.78 is 0. The number of para-hydroxylation sites is 1. The Labute approximate surface area is 130 Å². The van der Waals surface area contributed by atoms with Crippen LogP contribution < -0.4 is 11.1 Å². The van der Waals surface area contributed by atoms with Crippen molar-refractivity contribution in [1.29, 1.82) is 0 Å². The van der Waals surface area contributed by atoms with E-state index in [1.807, 2.05) is 56.5 Å². The Morgan fingerprint density at radius 2 is 1.95 bits per heavy atom. The molecule has 1 unspecified atom stereocenters. The lowest BCUT2D eigenvalue weighted by Gasteiger charge is -2.26. The summed E-state index contributed by atoms with van der Waals surface area (Å²) in [4.78, 5) is 13.3. The number of carbonyl (C=O) groups excluding carboxylic acids is 1. The van der Waals surface area contributed by atoms with Crippen LogP contribution in [0.3, 0.4) is 0 Å². The molecule has 1 atom stereocenters. The van der Waals surface area contributed by atoms with Gasteiger partial charge in [-0.1, -0.05) is 45.0 Å². The van der Waals surface area contributed by atoms with Crippen molar-refractivity contribution in [2.45, 2.75) is 33.2 Å². The average molecular weight is 302 g/mol. The highest BCUT2D eigenvalue weighted by atomic mass is 32.1. The second-order valence-corrected chi connectivity index (χ2v) is 7.20. The maximum absolute atomic E-state index is 12.2. The van der Waals surface area contributed by atoms with E-state index in [2.05, 4.69) is 11.4 Å². The number of nitrogens with one attached hydrogen (secondary N) is 1. The molecule has 21 heavy (non-hydrogen) atoms. The summed E-state index contributed by atoms with van der Waals surface area (Å²) in [5, 5.41) is 5.02. The van der Waals surface area contributed by atoms with Crippen LogP contribution in [0.15, 0.2) is 41.8 Å². The molecule has 0 saturated carbocycles. The third-order valence-corrected chi connectivity index (χ3v) is 4.41. The Hall–Kier alpha value is -1.65. The smallest absolute Gasteiger partial charge is 0.225 e. The summed E-state index contributed by atoms with van der Waals surface area (Å²) in [7, 11) is 0. The predicted octanol–water partition coefficient (Wildman–Crippen LogP) is 4.12. The fraction of sp³-hybridized carbons (Fsp3) is 0.353. The number of amides is 1. The molecule has 0 aliphatic heterocycles. The molecule has 3 nitrogen and oxygen atoms in total. The number of nitrogens with two attached hydrogens (primary N) is 1. The van der Waals surface area contributed by atoms with E-state index in [0.29, 0.717) is 6.42 Å². The van der Waals surface area contributed by atoms with E-state index in [9.17, 15) is 4.79 Å². The Balaban J connectivity index is 2.12. The minimum atomic E-state index is -0.161. The Kier molecular flexibility index (Phi) is 4.80.